The lowest BCUT2D eigenvalue weighted by Crippen LogP contribution is -2.40. The van der Waals surface area contributed by atoms with Crippen molar-refractivity contribution >= 4 is 23.7 Å². The SMILES string of the molecule is CN1c2ccccc2C=C(C(=O)O)C1CC(=O)O. The van der Waals surface area contributed by atoms with Crippen LogP contribution in [0.5, 0.6) is 0 Å². The van der Waals surface area contributed by atoms with Gasteiger partial charge in [0.1, 0.15) is 0 Å². The Hall–Kier alpha value is -2.30. The van der Waals surface area contributed by atoms with E-state index in [0.717, 1.165) is 11.3 Å². The first kappa shape index (κ1) is 12.2. The topological polar surface area (TPSA) is 77.8 Å². The Kier molecular flexibility index (Phi) is 3.06. The predicted octanol–water partition coefficient (Wildman–Crippen LogP) is 1.45. The van der Waals surface area contributed by atoms with Crippen molar-refractivity contribution in [2.24, 2.45) is 0 Å². The van der Waals surface area contributed by atoms with E-state index >= 15 is 0 Å². The summed E-state index contributed by atoms with van der Waals surface area (Å²) in [7, 11) is 1.71. The van der Waals surface area contributed by atoms with Crippen LogP contribution in [0.1, 0.15) is 12.0 Å². The molecular weight excluding hydrogens is 234 g/mol. The zero-order valence-electron chi connectivity index (χ0n) is 9.83. The van der Waals surface area contributed by atoms with Crippen molar-refractivity contribution in [2.75, 3.05) is 11.9 Å². The summed E-state index contributed by atoms with van der Waals surface area (Å²) in [5.74, 6) is -2.10. The molecule has 1 aliphatic heterocycles. The first-order valence-corrected chi connectivity index (χ1v) is 5.49. The van der Waals surface area contributed by atoms with Gasteiger partial charge in [0, 0.05) is 12.7 Å². The molecule has 0 fully saturated rings. The zero-order valence-corrected chi connectivity index (χ0v) is 9.83. The highest BCUT2D eigenvalue weighted by Gasteiger charge is 2.31. The van der Waals surface area contributed by atoms with Gasteiger partial charge < -0.3 is 15.1 Å². The molecule has 1 unspecified atom stereocenters. The molecule has 0 saturated heterocycles. The Labute approximate surface area is 104 Å². The Morgan fingerprint density at radius 1 is 1.28 bits per heavy atom. The highest BCUT2D eigenvalue weighted by molar-refractivity contribution is 5.98. The van der Waals surface area contributed by atoms with Crippen molar-refractivity contribution in [3.05, 3.63) is 35.4 Å². The fraction of sp³-hybridized carbons (Fsp3) is 0.231. The van der Waals surface area contributed by atoms with E-state index in [4.69, 9.17) is 5.11 Å². The summed E-state index contributed by atoms with van der Waals surface area (Å²) in [6.45, 7) is 0. The quantitative estimate of drug-likeness (QED) is 0.845. The van der Waals surface area contributed by atoms with E-state index in [1.165, 1.54) is 0 Å². The van der Waals surface area contributed by atoms with Crippen molar-refractivity contribution < 1.29 is 19.8 Å². The third-order valence-electron chi connectivity index (χ3n) is 3.07. The monoisotopic (exact) mass is 247 g/mol. The van der Waals surface area contributed by atoms with Crippen LogP contribution in [0.2, 0.25) is 0 Å². The van der Waals surface area contributed by atoms with E-state index in [-0.39, 0.29) is 12.0 Å². The molecule has 0 amide bonds. The number of carboxylic acids is 2. The van der Waals surface area contributed by atoms with Gasteiger partial charge in [-0.25, -0.2) is 4.79 Å². The summed E-state index contributed by atoms with van der Waals surface area (Å²) in [6, 6.07) is 6.67. The number of carbonyl (C=O) groups is 2. The van der Waals surface area contributed by atoms with Crippen LogP contribution in [-0.2, 0) is 9.59 Å². The number of fused-ring (bicyclic) bond motifs is 1. The number of benzene rings is 1. The number of anilines is 1. The molecular formula is C13H13NO4. The van der Waals surface area contributed by atoms with Crippen LogP contribution in [0.15, 0.2) is 29.8 Å². The lowest BCUT2D eigenvalue weighted by Gasteiger charge is -2.34. The molecule has 1 heterocycles. The van der Waals surface area contributed by atoms with Gasteiger partial charge in [-0.15, -0.1) is 0 Å². The molecule has 0 radical (unpaired) electrons. The second kappa shape index (κ2) is 4.52. The van der Waals surface area contributed by atoms with Crippen molar-refractivity contribution in [1.82, 2.24) is 0 Å². The van der Waals surface area contributed by atoms with Crippen LogP contribution < -0.4 is 4.90 Å². The molecule has 2 rings (SSSR count). The molecule has 0 aromatic heterocycles. The van der Waals surface area contributed by atoms with Crippen LogP contribution in [-0.4, -0.2) is 35.2 Å². The number of para-hydroxylation sites is 1. The smallest absolute Gasteiger partial charge is 0.333 e. The molecule has 1 aliphatic rings. The maximum atomic E-state index is 11.2. The molecule has 0 bridgehead atoms. The lowest BCUT2D eigenvalue weighted by atomic mass is 9.94. The molecule has 18 heavy (non-hydrogen) atoms. The van der Waals surface area contributed by atoms with E-state index in [1.54, 1.807) is 18.0 Å². The number of rotatable bonds is 3. The third kappa shape index (κ3) is 2.07. The van der Waals surface area contributed by atoms with Crippen LogP contribution in [0.3, 0.4) is 0 Å². The Bertz CT molecular complexity index is 536. The molecule has 2 N–H and O–H groups in total. The van der Waals surface area contributed by atoms with E-state index < -0.39 is 18.0 Å². The van der Waals surface area contributed by atoms with Gasteiger partial charge in [0.15, 0.2) is 0 Å². The van der Waals surface area contributed by atoms with Crippen LogP contribution in [0, 0.1) is 0 Å². The number of hydrogen-bond acceptors (Lipinski definition) is 3. The summed E-state index contributed by atoms with van der Waals surface area (Å²) in [6.07, 6.45) is 1.31. The highest BCUT2D eigenvalue weighted by Crippen LogP contribution is 2.32. The molecule has 94 valence electrons. The molecule has 0 saturated carbocycles. The Morgan fingerprint density at radius 2 is 1.94 bits per heavy atom. The minimum Gasteiger partial charge on any atom is -0.481 e. The van der Waals surface area contributed by atoms with Crippen molar-refractivity contribution in [3.8, 4) is 0 Å². The van der Waals surface area contributed by atoms with Crippen LogP contribution in [0.4, 0.5) is 5.69 Å². The van der Waals surface area contributed by atoms with Gasteiger partial charge >= 0.3 is 11.9 Å². The summed E-state index contributed by atoms with van der Waals surface area (Å²) >= 11 is 0. The van der Waals surface area contributed by atoms with Crippen molar-refractivity contribution in [2.45, 2.75) is 12.5 Å². The molecule has 0 aliphatic carbocycles. The molecule has 0 spiro atoms. The average molecular weight is 247 g/mol. The first-order valence-electron chi connectivity index (χ1n) is 5.49. The number of carboxylic acid groups (broad SMARTS) is 2. The van der Waals surface area contributed by atoms with Gasteiger partial charge in [-0.2, -0.15) is 0 Å². The number of hydrogen-bond donors (Lipinski definition) is 2. The minimum absolute atomic E-state index is 0.110. The highest BCUT2D eigenvalue weighted by atomic mass is 16.4. The van der Waals surface area contributed by atoms with Crippen LogP contribution >= 0.6 is 0 Å². The Balaban J connectivity index is 2.50. The number of aliphatic carboxylic acids is 2. The van der Waals surface area contributed by atoms with Gasteiger partial charge in [-0.1, -0.05) is 18.2 Å². The first-order chi connectivity index (χ1) is 8.50. The fourth-order valence-electron chi connectivity index (χ4n) is 2.19. The van der Waals surface area contributed by atoms with E-state index in [1.807, 2.05) is 24.3 Å². The van der Waals surface area contributed by atoms with E-state index in [9.17, 15) is 14.7 Å². The van der Waals surface area contributed by atoms with E-state index in [0.29, 0.717) is 0 Å². The fourth-order valence-corrected chi connectivity index (χ4v) is 2.19. The number of likely N-dealkylation sites (N-methyl/N-ethyl adjacent to an activating group) is 1. The van der Waals surface area contributed by atoms with E-state index in [2.05, 4.69) is 0 Å². The molecule has 1 aromatic rings. The van der Waals surface area contributed by atoms with Gasteiger partial charge in [0.25, 0.3) is 0 Å². The number of nitrogens with zero attached hydrogens (tertiary/aromatic N) is 1. The second-order valence-electron chi connectivity index (χ2n) is 4.19. The standard InChI is InChI=1S/C13H13NO4/c1-14-10-5-3-2-4-8(10)6-9(13(17)18)11(14)7-12(15)16/h2-6,11H,7H2,1H3,(H,15,16)(H,17,18). The van der Waals surface area contributed by atoms with Gasteiger partial charge in [-0.05, 0) is 17.7 Å². The maximum Gasteiger partial charge on any atom is 0.333 e. The van der Waals surface area contributed by atoms with Gasteiger partial charge in [0.2, 0.25) is 0 Å². The summed E-state index contributed by atoms with van der Waals surface area (Å²) in [5, 5.41) is 18.1. The van der Waals surface area contributed by atoms with Crippen LogP contribution in [0.25, 0.3) is 6.08 Å². The van der Waals surface area contributed by atoms with Gasteiger partial charge in [-0.3, -0.25) is 4.79 Å². The minimum atomic E-state index is -1.08. The largest absolute Gasteiger partial charge is 0.481 e. The maximum absolute atomic E-state index is 11.2. The molecule has 1 aromatic carbocycles. The Morgan fingerprint density at radius 3 is 2.56 bits per heavy atom. The molecule has 5 nitrogen and oxygen atoms in total. The van der Waals surface area contributed by atoms with Crippen molar-refractivity contribution in [1.29, 1.82) is 0 Å². The predicted molar refractivity (Wildman–Crippen MR) is 66.5 cm³/mol. The summed E-state index contributed by atoms with van der Waals surface area (Å²) < 4.78 is 0. The lowest BCUT2D eigenvalue weighted by molar-refractivity contribution is -0.137. The normalized spacial score (nSPS) is 17.9. The zero-order chi connectivity index (χ0) is 13.3. The van der Waals surface area contributed by atoms with Crippen molar-refractivity contribution in [3.63, 3.8) is 0 Å². The third-order valence-corrected chi connectivity index (χ3v) is 3.07. The summed E-state index contributed by atoms with van der Waals surface area (Å²) in [5.41, 5.74) is 1.74. The average Bonchev–Trinajstić information content (AvgIpc) is 2.32. The second-order valence-corrected chi connectivity index (χ2v) is 4.19. The molecule has 5 heteroatoms. The van der Waals surface area contributed by atoms with Gasteiger partial charge in [0.05, 0.1) is 18.0 Å². The molecule has 1 atom stereocenters. The summed E-state index contributed by atoms with van der Waals surface area (Å²) in [4.78, 5) is 23.8.